The summed E-state index contributed by atoms with van der Waals surface area (Å²) in [5.74, 6) is 1.17. The quantitative estimate of drug-likeness (QED) is 0.940. The molecule has 1 N–H and O–H groups in total. The highest BCUT2D eigenvalue weighted by Gasteiger charge is 2.18. The van der Waals surface area contributed by atoms with Crippen molar-refractivity contribution in [3.05, 3.63) is 47.8 Å². The van der Waals surface area contributed by atoms with Gasteiger partial charge in [-0.15, -0.1) is 0 Å². The van der Waals surface area contributed by atoms with Crippen LogP contribution in [0.1, 0.15) is 35.7 Å². The summed E-state index contributed by atoms with van der Waals surface area (Å²) >= 11 is 0. The molecule has 1 amide bonds. The fraction of sp³-hybridized carbons (Fsp3) is 0.333. The minimum absolute atomic E-state index is 0.282. The fourth-order valence-corrected chi connectivity index (χ4v) is 2.69. The van der Waals surface area contributed by atoms with Gasteiger partial charge in [-0.25, -0.2) is 9.97 Å². The molecule has 0 aliphatic carbocycles. The van der Waals surface area contributed by atoms with E-state index in [-0.39, 0.29) is 5.91 Å². The lowest BCUT2D eigenvalue weighted by Crippen LogP contribution is -2.34. The van der Waals surface area contributed by atoms with Crippen LogP contribution in [0.5, 0.6) is 0 Å². The van der Waals surface area contributed by atoms with Crippen LogP contribution in [0.2, 0.25) is 0 Å². The third-order valence-corrected chi connectivity index (χ3v) is 4.22. The second-order valence-corrected chi connectivity index (χ2v) is 6.09. The number of nitrogens with one attached hydrogen (secondary N) is 1. The zero-order chi connectivity index (χ0) is 16.9. The van der Waals surface area contributed by atoms with E-state index in [4.69, 9.17) is 5.26 Å². The van der Waals surface area contributed by atoms with Gasteiger partial charge in [0, 0.05) is 18.7 Å². The van der Waals surface area contributed by atoms with E-state index in [1.165, 1.54) is 0 Å². The van der Waals surface area contributed by atoms with Crippen molar-refractivity contribution >= 4 is 17.5 Å². The fourth-order valence-electron chi connectivity index (χ4n) is 2.69. The van der Waals surface area contributed by atoms with Crippen LogP contribution in [0.15, 0.2) is 36.7 Å². The van der Waals surface area contributed by atoms with Gasteiger partial charge in [0.1, 0.15) is 0 Å². The summed E-state index contributed by atoms with van der Waals surface area (Å²) in [4.78, 5) is 23.1. The minimum atomic E-state index is -0.282. The predicted octanol–water partition coefficient (Wildman–Crippen LogP) is 2.84. The van der Waals surface area contributed by atoms with Crippen molar-refractivity contribution in [3.63, 3.8) is 0 Å². The number of anilines is 2. The van der Waals surface area contributed by atoms with Crippen molar-refractivity contribution in [3.8, 4) is 6.07 Å². The molecule has 2 heterocycles. The van der Waals surface area contributed by atoms with Crippen molar-refractivity contribution in [1.82, 2.24) is 9.97 Å². The largest absolute Gasteiger partial charge is 0.341 e. The second-order valence-electron chi connectivity index (χ2n) is 6.09. The summed E-state index contributed by atoms with van der Waals surface area (Å²) in [7, 11) is 0. The molecule has 1 aromatic carbocycles. The topological polar surface area (TPSA) is 81.9 Å². The third kappa shape index (κ3) is 3.69. The second kappa shape index (κ2) is 7.09. The molecule has 1 aliphatic rings. The number of carbonyl (C=O) groups is 1. The minimum Gasteiger partial charge on any atom is -0.341 e. The SMILES string of the molecule is CC1CCN(c2ncc(NC(=O)c3cccc(C#N)c3)cn2)CC1. The molecule has 6 nitrogen and oxygen atoms in total. The number of rotatable bonds is 3. The van der Waals surface area contributed by atoms with Crippen LogP contribution in [0, 0.1) is 17.2 Å². The Labute approximate surface area is 141 Å². The molecule has 0 saturated carbocycles. The maximum Gasteiger partial charge on any atom is 0.255 e. The van der Waals surface area contributed by atoms with Gasteiger partial charge >= 0.3 is 0 Å². The molecule has 0 radical (unpaired) electrons. The Kier molecular flexibility index (Phi) is 4.71. The lowest BCUT2D eigenvalue weighted by molar-refractivity contribution is 0.102. The average Bonchev–Trinajstić information content (AvgIpc) is 2.63. The standard InChI is InChI=1S/C18H19N5O/c1-13-5-7-23(8-6-13)18-20-11-16(12-21-18)22-17(24)15-4-2-3-14(9-15)10-19/h2-4,9,11-13H,5-8H2,1H3,(H,22,24). The number of piperidine rings is 1. The van der Waals surface area contributed by atoms with Crippen LogP contribution >= 0.6 is 0 Å². The third-order valence-electron chi connectivity index (χ3n) is 4.22. The Morgan fingerprint density at radius 2 is 2.00 bits per heavy atom. The van der Waals surface area contributed by atoms with Crippen LogP contribution in [-0.2, 0) is 0 Å². The van der Waals surface area contributed by atoms with Crippen molar-refractivity contribution in [2.24, 2.45) is 5.92 Å². The number of hydrogen-bond acceptors (Lipinski definition) is 5. The lowest BCUT2D eigenvalue weighted by atomic mass is 10.00. The number of aromatic nitrogens is 2. The maximum absolute atomic E-state index is 12.2. The zero-order valence-corrected chi connectivity index (χ0v) is 13.6. The molecule has 1 saturated heterocycles. The number of hydrogen-bond donors (Lipinski definition) is 1. The molecule has 0 atom stereocenters. The van der Waals surface area contributed by atoms with Gasteiger partial charge in [-0.2, -0.15) is 5.26 Å². The molecule has 2 aromatic rings. The smallest absolute Gasteiger partial charge is 0.255 e. The van der Waals surface area contributed by atoms with E-state index in [2.05, 4.69) is 27.1 Å². The normalized spacial score (nSPS) is 14.9. The van der Waals surface area contributed by atoms with Crippen LogP contribution in [-0.4, -0.2) is 29.0 Å². The predicted molar refractivity (Wildman–Crippen MR) is 91.8 cm³/mol. The zero-order valence-electron chi connectivity index (χ0n) is 13.6. The van der Waals surface area contributed by atoms with Crippen molar-refractivity contribution in [1.29, 1.82) is 5.26 Å². The molecular weight excluding hydrogens is 302 g/mol. The lowest BCUT2D eigenvalue weighted by Gasteiger charge is -2.30. The van der Waals surface area contributed by atoms with Crippen LogP contribution in [0.4, 0.5) is 11.6 Å². The molecule has 1 aliphatic heterocycles. The van der Waals surface area contributed by atoms with Gasteiger partial charge < -0.3 is 10.2 Å². The molecule has 1 fully saturated rings. The number of benzene rings is 1. The molecule has 0 bridgehead atoms. The first kappa shape index (κ1) is 15.9. The van der Waals surface area contributed by atoms with Crippen molar-refractivity contribution < 1.29 is 4.79 Å². The average molecular weight is 321 g/mol. The summed E-state index contributed by atoms with van der Waals surface area (Å²) in [6.07, 6.45) is 5.53. The van der Waals surface area contributed by atoms with Crippen LogP contribution in [0.3, 0.4) is 0 Å². The highest BCUT2D eigenvalue weighted by Crippen LogP contribution is 2.20. The van der Waals surface area contributed by atoms with Gasteiger partial charge in [-0.05, 0) is 37.0 Å². The van der Waals surface area contributed by atoms with E-state index in [1.54, 1.807) is 36.7 Å². The number of amides is 1. The summed E-state index contributed by atoms with van der Waals surface area (Å²) in [5, 5.41) is 11.7. The number of carbonyl (C=O) groups excluding carboxylic acids is 1. The molecule has 3 rings (SSSR count). The van der Waals surface area contributed by atoms with Crippen molar-refractivity contribution in [2.75, 3.05) is 23.3 Å². The monoisotopic (exact) mass is 321 g/mol. The van der Waals surface area contributed by atoms with Gasteiger partial charge in [0.2, 0.25) is 5.95 Å². The van der Waals surface area contributed by atoms with Gasteiger partial charge in [0.05, 0.1) is 29.7 Å². The molecule has 1 aromatic heterocycles. The molecule has 0 spiro atoms. The van der Waals surface area contributed by atoms with E-state index in [1.807, 2.05) is 6.07 Å². The summed E-state index contributed by atoms with van der Waals surface area (Å²) in [5.41, 5.74) is 1.42. The number of nitrogens with zero attached hydrogens (tertiary/aromatic N) is 4. The Balaban J connectivity index is 1.65. The number of nitriles is 1. The van der Waals surface area contributed by atoms with E-state index < -0.39 is 0 Å². The Hall–Kier alpha value is -2.94. The molecule has 0 unspecified atom stereocenters. The van der Waals surface area contributed by atoms with Crippen LogP contribution < -0.4 is 10.2 Å². The summed E-state index contributed by atoms with van der Waals surface area (Å²) in [6.45, 7) is 4.19. The van der Waals surface area contributed by atoms with Gasteiger partial charge in [0.25, 0.3) is 5.91 Å². The molecule has 6 heteroatoms. The van der Waals surface area contributed by atoms with E-state index in [0.717, 1.165) is 31.8 Å². The molecular formula is C18H19N5O. The molecule has 122 valence electrons. The Morgan fingerprint density at radius 1 is 1.29 bits per heavy atom. The first-order valence-electron chi connectivity index (χ1n) is 8.04. The van der Waals surface area contributed by atoms with Gasteiger partial charge in [0.15, 0.2) is 0 Å². The highest BCUT2D eigenvalue weighted by molar-refractivity contribution is 6.04. The Morgan fingerprint density at radius 3 is 2.67 bits per heavy atom. The van der Waals surface area contributed by atoms with Gasteiger partial charge in [-0.3, -0.25) is 4.79 Å². The Bertz CT molecular complexity index is 758. The van der Waals surface area contributed by atoms with E-state index in [0.29, 0.717) is 22.8 Å². The summed E-state index contributed by atoms with van der Waals surface area (Å²) < 4.78 is 0. The first-order valence-corrected chi connectivity index (χ1v) is 8.04. The van der Waals surface area contributed by atoms with Crippen molar-refractivity contribution in [2.45, 2.75) is 19.8 Å². The first-order chi connectivity index (χ1) is 11.7. The van der Waals surface area contributed by atoms with Gasteiger partial charge in [-0.1, -0.05) is 13.0 Å². The maximum atomic E-state index is 12.2. The van der Waals surface area contributed by atoms with E-state index >= 15 is 0 Å². The van der Waals surface area contributed by atoms with Crippen LogP contribution in [0.25, 0.3) is 0 Å². The molecule has 24 heavy (non-hydrogen) atoms. The highest BCUT2D eigenvalue weighted by atomic mass is 16.1. The summed E-state index contributed by atoms with van der Waals surface area (Å²) in [6, 6.07) is 8.59. The van der Waals surface area contributed by atoms with E-state index in [9.17, 15) is 4.79 Å².